The van der Waals surface area contributed by atoms with Crippen LogP contribution in [0, 0.1) is 0 Å². The highest BCUT2D eigenvalue weighted by molar-refractivity contribution is 5.87. The van der Waals surface area contributed by atoms with Crippen LogP contribution in [0.1, 0.15) is 5.76 Å². The Kier molecular flexibility index (Phi) is 3.23. The molecule has 23 heavy (non-hydrogen) atoms. The fraction of sp³-hybridized carbons (Fsp3) is 0.125. The van der Waals surface area contributed by atoms with Crippen LogP contribution >= 0.6 is 0 Å². The van der Waals surface area contributed by atoms with Crippen LogP contribution in [0.5, 0.6) is 0 Å². The lowest BCUT2D eigenvalue weighted by Gasteiger charge is -2.17. The molecule has 0 aliphatic rings. The smallest absolute Gasteiger partial charge is 0.170 e. The molecule has 7 nitrogen and oxygen atoms in total. The number of pyridine rings is 1. The van der Waals surface area contributed by atoms with Crippen LogP contribution < -0.4 is 4.90 Å². The Morgan fingerprint density at radius 1 is 1.13 bits per heavy atom. The van der Waals surface area contributed by atoms with Crippen molar-refractivity contribution in [2.24, 2.45) is 0 Å². The summed E-state index contributed by atoms with van der Waals surface area (Å²) in [5.41, 5.74) is 0.722. The maximum Gasteiger partial charge on any atom is 0.170 e. The molecule has 0 aliphatic carbocycles. The number of hydrogen-bond acceptors (Lipinski definition) is 6. The molecule has 0 radical (unpaired) electrons. The molecule has 0 unspecified atom stereocenters. The summed E-state index contributed by atoms with van der Waals surface area (Å²) < 4.78 is 7.11. The molecule has 4 heterocycles. The number of anilines is 1. The Labute approximate surface area is 132 Å². The van der Waals surface area contributed by atoms with Crippen LogP contribution in [-0.4, -0.2) is 31.8 Å². The molecule has 0 fully saturated rings. The van der Waals surface area contributed by atoms with Gasteiger partial charge in [-0.2, -0.15) is 9.78 Å². The molecule has 0 amide bonds. The first-order valence-electron chi connectivity index (χ1n) is 7.16. The molecule has 0 spiro atoms. The zero-order chi connectivity index (χ0) is 15.6. The molecule has 0 aromatic carbocycles. The lowest BCUT2D eigenvalue weighted by molar-refractivity contribution is 0.507. The van der Waals surface area contributed by atoms with Crippen molar-refractivity contribution in [2.45, 2.75) is 6.54 Å². The minimum atomic E-state index is 0.619. The predicted octanol–water partition coefficient (Wildman–Crippen LogP) is 2.44. The molecule has 4 rings (SSSR count). The topological polar surface area (TPSA) is 72.9 Å². The zero-order valence-electron chi connectivity index (χ0n) is 12.5. The highest BCUT2D eigenvalue weighted by Gasteiger charge is 2.15. The third kappa shape index (κ3) is 2.42. The molecule has 4 aromatic rings. The van der Waals surface area contributed by atoms with Gasteiger partial charge < -0.3 is 9.32 Å². The predicted molar refractivity (Wildman–Crippen MR) is 85.3 cm³/mol. The van der Waals surface area contributed by atoms with Gasteiger partial charge in [-0.15, -0.1) is 0 Å². The molecule has 0 aliphatic heterocycles. The Bertz CT molecular complexity index is 916. The SMILES string of the molecule is CN(Cc1ccco1)c1ncnc2c1cnn2-c1ccccn1. The molecule has 0 saturated heterocycles. The van der Waals surface area contributed by atoms with Crippen molar-refractivity contribution >= 4 is 16.9 Å². The average molecular weight is 306 g/mol. The Hall–Kier alpha value is -3.22. The van der Waals surface area contributed by atoms with Gasteiger partial charge in [-0.3, -0.25) is 0 Å². The van der Waals surface area contributed by atoms with E-state index < -0.39 is 0 Å². The molecule has 0 atom stereocenters. The van der Waals surface area contributed by atoms with Crippen molar-refractivity contribution < 1.29 is 4.42 Å². The maximum atomic E-state index is 5.40. The molecular weight excluding hydrogens is 292 g/mol. The fourth-order valence-electron chi connectivity index (χ4n) is 2.49. The van der Waals surface area contributed by atoms with E-state index in [1.807, 2.05) is 42.3 Å². The minimum Gasteiger partial charge on any atom is -0.467 e. The minimum absolute atomic E-state index is 0.619. The number of furan rings is 1. The van der Waals surface area contributed by atoms with Crippen molar-refractivity contribution in [3.05, 3.63) is 61.1 Å². The molecule has 0 N–H and O–H groups in total. The highest BCUT2D eigenvalue weighted by Crippen LogP contribution is 2.24. The highest BCUT2D eigenvalue weighted by atomic mass is 16.3. The first kappa shape index (κ1) is 13.4. The second-order valence-corrected chi connectivity index (χ2v) is 5.11. The summed E-state index contributed by atoms with van der Waals surface area (Å²) >= 11 is 0. The van der Waals surface area contributed by atoms with E-state index in [0.717, 1.165) is 28.4 Å². The molecular formula is C16H14N6O. The quantitative estimate of drug-likeness (QED) is 0.576. The largest absolute Gasteiger partial charge is 0.467 e. The van der Waals surface area contributed by atoms with Crippen LogP contribution in [-0.2, 0) is 6.54 Å². The molecule has 0 bridgehead atoms. The lowest BCUT2D eigenvalue weighted by atomic mass is 10.3. The van der Waals surface area contributed by atoms with Gasteiger partial charge in [-0.05, 0) is 24.3 Å². The Morgan fingerprint density at radius 2 is 2.09 bits per heavy atom. The van der Waals surface area contributed by atoms with Gasteiger partial charge in [0.25, 0.3) is 0 Å². The maximum absolute atomic E-state index is 5.40. The van der Waals surface area contributed by atoms with E-state index in [-0.39, 0.29) is 0 Å². The summed E-state index contributed by atoms with van der Waals surface area (Å²) in [4.78, 5) is 15.1. The third-order valence-electron chi connectivity index (χ3n) is 3.55. The summed E-state index contributed by atoms with van der Waals surface area (Å²) in [6, 6.07) is 9.48. The van der Waals surface area contributed by atoms with E-state index in [9.17, 15) is 0 Å². The number of hydrogen-bond donors (Lipinski definition) is 0. The molecule has 7 heteroatoms. The Morgan fingerprint density at radius 3 is 2.87 bits per heavy atom. The van der Waals surface area contributed by atoms with Crippen LogP contribution in [0.15, 0.2) is 59.7 Å². The standard InChI is InChI=1S/C16H14N6O/c1-21(10-12-5-4-8-23-12)15-13-9-20-22(16(13)19-11-18-15)14-6-2-3-7-17-14/h2-9,11H,10H2,1H3. The van der Waals surface area contributed by atoms with E-state index in [4.69, 9.17) is 4.42 Å². The zero-order valence-corrected chi connectivity index (χ0v) is 12.5. The molecule has 0 saturated carbocycles. The van der Waals surface area contributed by atoms with Crippen molar-refractivity contribution in [2.75, 3.05) is 11.9 Å². The number of aromatic nitrogens is 5. The number of fused-ring (bicyclic) bond motifs is 1. The van der Waals surface area contributed by atoms with Crippen LogP contribution in [0.3, 0.4) is 0 Å². The van der Waals surface area contributed by atoms with E-state index in [2.05, 4.69) is 20.1 Å². The normalized spacial score (nSPS) is 11.0. The van der Waals surface area contributed by atoms with Gasteiger partial charge >= 0.3 is 0 Å². The van der Waals surface area contributed by atoms with Crippen molar-refractivity contribution in [3.8, 4) is 5.82 Å². The van der Waals surface area contributed by atoms with Gasteiger partial charge in [0.2, 0.25) is 0 Å². The van der Waals surface area contributed by atoms with Gasteiger partial charge in [-0.1, -0.05) is 6.07 Å². The van der Waals surface area contributed by atoms with Crippen molar-refractivity contribution in [3.63, 3.8) is 0 Å². The van der Waals surface area contributed by atoms with Crippen molar-refractivity contribution in [1.29, 1.82) is 0 Å². The summed E-state index contributed by atoms with van der Waals surface area (Å²) in [7, 11) is 1.96. The fourth-order valence-corrected chi connectivity index (χ4v) is 2.49. The first-order valence-corrected chi connectivity index (χ1v) is 7.16. The van der Waals surface area contributed by atoms with E-state index in [1.165, 1.54) is 6.33 Å². The number of nitrogens with zero attached hydrogens (tertiary/aromatic N) is 6. The van der Waals surface area contributed by atoms with Crippen LogP contribution in [0.25, 0.3) is 16.9 Å². The van der Waals surface area contributed by atoms with E-state index in [0.29, 0.717) is 6.54 Å². The van der Waals surface area contributed by atoms with Crippen LogP contribution in [0.2, 0.25) is 0 Å². The summed E-state index contributed by atoms with van der Waals surface area (Å²) in [5, 5.41) is 5.28. The van der Waals surface area contributed by atoms with Crippen LogP contribution in [0.4, 0.5) is 5.82 Å². The van der Waals surface area contributed by atoms with Gasteiger partial charge in [0.1, 0.15) is 17.9 Å². The first-order chi connectivity index (χ1) is 11.3. The second kappa shape index (κ2) is 5.53. The average Bonchev–Trinajstić information content (AvgIpc) is 3.24. The summed E-state index contributed by atoms with van der Waals surface area (Å²) in [5.74, 6) is 2.39. The van der Waals surface area contributed by atoms with Crippen molar-refractivity contribution in [1.82, 2.24) is 24.7 Å². The second-order valence-electron chi connectivity index (χ2n) is 5.11. The summed E-state index contributed by atoms with van der Waals surface area (Å²) in [6.45, 7) is 0.619. The van der Waals surface area contributed by atoms with Gasteiger partial charge in [0.05, 0.1) is 24.4 Å². The molecule has 4 aromatic heterocycles. The number of rotatable bonds is 4. The van der Waals surface area contributed by atoms with Gasteiger partial charge in [0.15, 0.2) is 11.5 Å². The van der Waals surface area contributed by atoms with E-state index in [1.54, 1.807) is 23.3 Å². The molecule has 114 valence electrons. The monoisotopic (exact) mass is 306 g/mol. The third-order valence-corrected chi connectivity index (χ3v) is 3.55. The van der Waals surface area contributed by atoms with Gasteiger partial charge in [-0.25, -0.2) is 15.0 Å². The van der Waals surface area contributed by atoms with E-state index >= 15 is 0 Å². The summed E-state index contributed by atoms with van der Waals surface area (Å²) in [6.07, 6.45) is 6.70. The van der Waals surface area contributed by atoms with Gasteiger partial charge in [0, 0.05) is 13.2 Å². The lowest BCUT2D eigenvalue weighted by Crippen LogP contribution is -2.17. The Balaban J connectivity index is 1.76.